The van der Waals surface area contributed by atoms with E-state index in [0.717, 1.165) is 0 Å². The highest BCUT2D eigenvalue weighted by atomic mass is 32.3. The van der Waals surface area contributed by atoms with E-state index in [4.69, 9.17) is 27.9 Å². The molecule has 0 aliphatic carbocycles. The molecular weight excluding hydrogens is 720 g/mol. The molecule has 26 nitrogen and oxygen atoms in total. The Kier molecular flexibility index (Phi) is 12.0. The summed E-state index contributed by atoms with van der Waals surface area (Å²) in [5, 5.41) is 29.8. The smallest absolute Gasteiger partial charge is 0.394 e. The van der Waals surface area contributed by atoms with Crippen LogP contribution in [0.2, 0.25) is 0 Å². The van der Waals surface area contributed by atoms with Crippen molar-refractivity contribution >= 4 is 52.0 Å². The maximum atomic E-state index is 11.7. The zero-order valence-corrected chi connectivity index (χ0v) is 24.3. The van der Waals surface area contributed by atoms with Gasteiger partial charge in [-0.15, -0.1) is 0 Å². The molecule has 256 valence electrons. The molecule has 8 N–H and O–H groups in total. The maximum Gasteiger partial charge on any atom is 0.397 e. The predicted molar refractivity (Wildman–Crippen MR) is 121 cm³/mol. The largest absolute Gasteiger partial charge is 0.397 e. The van der Waals surface area contributed by atoms with Crippen LogP contribution in [0.15, 0.2) is 0 Å². The van der Waals surface area contributed by atoms with Gasteiger partial charge in [-0.3, -0.25) is 22.8 Å². The van der Waals surface area contributed by atoms with Crippen molar-refractivity contribution in [3.63, 3.8) is 0 Å². The molecule has 0 bridgehead atoms. The topological polar surface area (TPSA) is 406 Å². The zero-order valence-electron chi connectivity index (χ0n) is 20.2. The molecule has 2 saturated heterocycles. The van der Waals surface area contributed by atoms with Crippen molar-refractivity contribution in [3.05, 3.63) is 0 Å². The SMILES string of the molecule is O=S(=O)(O)OC[C@H]1O[C@@](COS(=O)(=O)O)(O[C@H]2O[C@H](CO)[C@@H](O)[C@H](O)[C@H]2OS(=O)(=O)O)[C@@H](OS(=O)(=O)O)[C@@H]1OS(=O)(=O)O. The Morgan fingerprint density at radius 2 is 1.12 bits per heavy atom. The molecule has 0 amide bonds. The van der Waals surface area contributed by atoms with Gasteiger partial charge in [0.2, 0.25) is 5.79 Å². The number of aliphatic hydroxyl groups excluding tert-OH is 3. The quantitative estimate of drug-likeness (QED) is 0.0723. The fraction of sp³-hybridized carbons (Fsp3) is 1.00. The summed E-state index contributed by atoms with van der Waals surface area (Å²) in [6.07, 6.45) is -20.8. The molecule has 2 aliphatic rings. The maximum absolute atomic E-state index is 11.7. The Bertz CT molecular complexity index is 1520. The van der Waals surface area contributed by atoms with Crippen LogP contribution in [-0.2, 0) is 87.1 Å². The van der Waals surface area contributed by atoms with Crippen molar-refractivity contribution in [1.82, 2.24) is 0 Å². The molecule has 2 aliphatic heterocycles. The molecule has 2 fully saturated rings. The van der Waals surface area contributed by atoms with Gasteiger partial charge in [-0.05, 0) is 0 Å². The summed E-state index contributed by atoms with van der Waals surface area (Å²) in [7, 11) is -28.6. The number of hydrogen-bond donors (Lipinski definition) is 8. The summed E-state index contributed by atoms with van der Waals surface area (Å²) >= 11 is 0. The second-order valence-corrected chi connectivity index (χ2v) is 13.4. The lowest BCUT2D eigenvalue weighted by molar-refractivity contribution is -0.377. The van der Waals surface area contributed by atoms with Crippen LogP contribution < -0.4 is 0 Å². The van der Waals surface area contributed by atoms with Gasteiger partial charge in [0.1, 0.15) is 37.1 Å². The first-order chi connectivity index (χ1) is 19.2. The van der Waals surface area contributed by atoms with Gasteiger partial charge < -0.3 is 29.5 Å². The van der Waals surface area contributed by atoms with Crippen LogP contribution in [0.25, 0.3) is 0 Å². The molecule has 2 rings (SSSR count). The van der Waals surface area contributed by atoms with E-state index in [1.54, 1.807) is 0 Å². The highest BCUT2D eigenvalue weighted by molar-refractivity contribution is 7.81. The lowest BCUT2D eigenvalue weighted by Crippen LogP contribution is -2.64. The lowest BCUT2D eigenvalue weighted by Gasteiger charge is -2.44. The number of ether oxygens (including phenoxy) is 3. The van der Waals surface area contributed by atoms with E-state index in [0.29, 0.717) is 0 Å². The predicted octanol–water partition coefficient (Wildman–Crippen LogP) is -6.26. The van der Waals surface area contributed by atoms with Crippen LogP contribution in [0.5, 0.6) is 0 Å². The van der Waals surface area contributed by atoms with E-state index in [1.807, 2.05) is 0 Å². The third-order valence-corrected chi connectivity index (χ3v) is 7.30. The molecule has 0 saturated carbocycles. The first kappa shape index (κ1) is 38.3. The van der Waals surface area contributed by atoms with Gasteiger partial charge in [0.05, 0.1) is 13.2 Å². The van der Waals surface area contributed by atoms with Gasteiger partial charge in [-0.1, -0.05) is 0 Å². The summed E-state index contributed by atoms with van der Waals surface area (Å²) in [5.74, 6) is -3.65. The molecule has 31 heteroatoms. The van der Waals surface area contributed by atoms with Crippen LogP contribution in [-0.4, -0.2) is 155 Å². The highest BCUT2D eigenvalue weighted by Gasteiger charge is 2.64. The van der Waals surface area contributed by atoms with Gasteiger partial charge in [0, 0.05) is 0 Å². The van der Waals surface area contributed by atoms with Gasteiger partial charge in [-0.2, -0.15) is 42.1 Å². The molecule has 43 heavy (non-hydrogen) atoms. The molecule has 2 heterocycles. The second kappa shape index (κ2) is 13.5. The summed E-state index contributed by atoms with van der Waals surface area (Å²) < 4.78 is 195. The van der Waals surface area contributed by atoms with Crippen molar-refractivity contribution in [1.29, 1.82) is 0 Å². The van der Waals surface area contributed by atoms with E-state index < -0.39 is 127 Å². The van der Waals surface area contributed by atoms with Crippen LogP contribution in [0, 0.1) is 0 Å². The summed E-state index contributed by atoms with van der Waals surface area (Å²) in [5.41, 5.74) is 0. The summed E-state index contributed by atoms with van der Waals surface area (Å²) in [6.45, 7) is -4.92. The molecule has 0 aromatic rings. The first-order valence-electron chi connectivity index (χ1n) is 10.3. The monoisotopic (exact) mass is 742 g/mol. The van der Waals surface area contributed by atoms with Gasteiger partial charge in [0.15, 0.2) is 18.5 Å². The minimum Gasteiger partial charge on any atom is -0.394 e. The van der Waals surface area contributed by atoms with Gasteiger partial charge >= 0.3 is 52.0 Å². The summed E-state index contributed by atoms with van der Waals surface area (Å²) in [4.78, 5) is 0. The van der Waals surface area contributed by atoms with E-state index in [2.05, 4.69) is 20.9 Å². The minimum atomic E-state index is -5.94. The lowest BCUT2D eigenvalue weighted by atomic mass is 9.99. The number of hydrogen-bond acceptors (Lipinski definition) is 21. The number of rotatable bonds is 15. The van der Waals surface area contributed by atoms with E-state index >= 15 is 0 Å². The van der Waals surface area contributed by atoms with E-state index in [9.17, 15) is 66.5 Å². The molecule has 0 aromatic carbocycles. The third kappa shape index (κ3) is 11.8. The van der Waals surface area contributed by atoms with Crippen LogP contribution in [0.3, 0.4) is 0 Å². The van der Waals surface area contributed by atoms with Crippen LogP contribution >= 0.6 is 0 Å². The van der Waals surface area contributed by atoms with Crippen molar-refractivity contribution in [2.24, 2.45) is 0 Å². The average Bonchev–Trinajstić information content (AvgIpc) is 3.04. The Labute approximate surface area is 241 Å². The highest BCUT2D eigenvalue weighted by Crippen LogP contribution is 2.41. The Morgan fingerprint density at radius 3 is 1.56 bits per heavy atom. The molecule has 0 aromatic heterocycles. The van der Waals surface area contributed by atoms with Crippen LogP contribution in [0.1, 0.15) is 0 Å². The minimum absolute atomic E-state index is 1.24. The van der Waals surface area contributed by atoms with Gasteiger partial charge in [-0.25, -0.2) is 20.9 Å². The van der Waals surface area contributed by atoms with Gasteiger partial charge in [0.25, 0.3) is 0 Å². The Morgan fingerprint density at radius 1 is 0.628 bits per heavy atom. The molecule has 0 radical (unpaired) electrons. The van der Waals surface area contributed by atoms with Crippen molar-refractivity contribution < 1.29 is 115 Å². The molecular formula is C12H22O26S5. The second-order valence-electron chi connectivity index (χ2n) is 8.12. The number of aliphatic hydroxyl groups is 3. The van der Waals surface area contributed by atoms with Crippen LogP contribution in [0.4, 0.5) is 0 Å². The first-order valence-corrected chi connectivity index (χ1v) is 17.2. The Hall–Kier alpha value is -0.890. The normalized spacial score (nSPS) is 34.8. The standard InChI is InChI=1S/C12H22O26S5/c13-1-4-6(14)7(15)9(37-42(25,26)27)11(33-4)35-12(3-32-40(19,20)21)10(38-43(28,29)30)8(36-41(22,23)24)5(34-12)2-31-39(16,17)18/h4-11,13-15H,1-3H2,(H,16,17,18)(H,19,20,21)(H,22,23,24)(H,25,26,27)(H,28,29,30)/t4-,5-,6-,7+,8-,9-,10+,11-,12+/m1/s1. The molecule has 9 atom stereocenters. The van der Waals surface area contributed by atoms with E-state index in [-0.39, 0.29) is 0 Å². The fourth-order valence-corrected chi connectivity index (χ4v) is 5.75. The van der Waals surface area contributed by atoms with Crippen molar-refractivity contribution in [2.45, 2.75) is 54.8 Å². The average molecular weight is 743 g/mol. The Balaban J connectivity index is 2.80. The third-order valence-electron chi connectivity index (χ3n) is 5.07. The zero-order chi connectivity index (χ0) is 33.4. The molecule has 0 unspecified atom stereocenters. The molecule has 0 spiro atoms. The summed E-state index contributed by atoms with van der Waals surface area (Å²) in [6, 6.07) is 0. The van der Waals surface area contributed by atoms with Crippen molar-refractivity contribution in [3.8, 4) is 0 Å². The van der Waals surface area contributed by atoms with Crippen molar-refractivity contribution in [2.75, 3.05) is 19.8 Å². The van der Waals surface area contributed by atoms with E-state index in [1.165, 1.54) is 0 Å². The fourth-order valence-electron chi connectivity index (χ4n) is 3.62.